The predicted molar refractivity (Wildman–Crippen MR) is 72.1 cm³/mol. The number of methoxy groups -OCH3 is 2. The van der Waals surface area contributed by atoms with E-state index >= 15 is 0 Å². The maximum Gasteiger partial charge on any atom is 0.161 e. The van der Waals surface area contributed by atoms with Gasteiger partial charge in [0.15, 0.2) is 11.5 Å². The van der Waals surface area contributed by atoms with Crippen molar-refractivity contribution >= 4 is 10.8 Å². The van der Waals surface area contributed by atoms with Gasteiger partial charge in [-0.05, 0) is 37.4 Å². The van der Waals surface area contributed by atoms with E-state index in [4.69, 9.17) is 15.2 Å². The van der Waals surface area contributed by atoms with Crippen LogP contribution in [0, 0.1) is 0 Å². The molecule has 2 aromatic rings. The molecule has 2 N–H and O–H groups in total. The fourth-order valence-electron chi connectivity index (χ4n) is 2.01. The second-order valence-corrected chi connectivity index (χ2v) is 4.81. The third-order valence-corrected chi connectivity index (χ3v) is 2.88. The van der Waals surface area contributed by atoms with Gasteiger partial charge in [-0.1, -0.05) is 0 Å². The highest BCUT2D eigenvalue weighted by molar-refractivity contribution is 5.88. The zero-order chi connectivity index (χ0) is 13.3. The Morgan fingerprint density at radius 3 is 2.28 bits per heavy atom. The molecule has 0 aliphatic rings. The van der Waals surface area contributed by atoms with Gasteiger partial charge >= 0.3 is 0 Å². The number of nitrogens with zero attached hydrogens (tertiary/aromatic N) is 1. The van der Waals surface area contributed by atoms with Crippen molar-refractivity contribution in [3.63, 3.8) is 0 Å². The molecule has 0 aliphatic carbocycles. The van der Waals surface area contributed by atoms with Crippen LogP contribution in [0.5, 0.6) is 11.5 Å². The van der Waals surface area contributed by atoms with Crippen LogP contribution < -0.4 is 15.2 Å². The number of pyridine rings is 1. The molecule has 0 saturated heterocycles. The summed E-state index contributed by atoms with van der Waals surface area (Å²) in [6.07, 6.45) is 1.76. The van der Waals surface area contributed by atoms with E-state index in [2.05, 4.69) is 4.98 Å². The lowest BCUT2D eigenvalue weighted by Crippen LogP contribution is -2.30. The number of aromatic nitrogens is 1. The standard InChI is InChI=1S/C14H18N2O2/c1-14(2,15)13-10-8-12(18-4)11(17-3)7-9(10)5-6-16-13/h5-8H,15H2,1-4H3. The summed E-state index contributed by atoms with van der Waals surface area (Å²) in [5, 5.41) is 2.03. The van der Waals surface area contributed by atoms with Crippen LogP contribution in [0.2, 0.25) is 0 Å². The van der Waals surface area contributed by atoms with Crippen molar-refractivity contribution in [2.45, 2.75) is 19.4 Å². The number of hydrogen-bond donors (Lipinski definition) is 1. The fourth-order valence-corrected chi connectivity index (χ4v) is 2.01. The molecule has 1 aromatic carbocycles. The van der Waals surface area contributed by atoms with E-state index in [-0.39, 0.29) is 0 Å². The van der Waals surface area contributed by atoms with Gasteiger partial charge in [-0.25, -0.2) is 0 Å². The average molecular weight is 246 g/mol. The van der Waals surface area contributed by atoms with E-state index in [1.165, 1.54) is 0 Å². The Morgan fingerprint density at radius 1 is 1.11 bits per heavy atom. The number of ether oxygens (including phenoxy) is 2. The van der Waals surface area contributed by atoms with Crippen LogP contribution in [0.1, 0.15) is 19.5 Å². The molecule has 0 atom stereocenters. The molecule has 1 aromatic heterocycles. The molecule has 1 heterocycles. The van der Waals surface area contributed by atoms with Crippen molar-refractivity contribution in [1.82, 2.24) is 4.98 Å². The molecular formula is C14H18N2O2. The monoisotopic (exact) mass is 246 g/mol. The van der Waals surface area contributed by atoms with Crippen molar-refractivity contribution in [1.29, 1.82) is 0 Å². The Hall–Kier alpha value is -1.81. The molecule has 4 nitrogen and oxygen atoms in total. The highest BCUT2D eigenvalue weighted by atomic mass is 16.5. The number of benzene rings is 1. The summed E-state index contributed by atoms with van der Waals surface area (Å²) in [5.41, 5.74) is 6.50. The highest BCUT2D eigenvalue weighted by Crippen LogP contribution is 2.34. The summed E-state index contributed by atoms with van der Waals surface area (Å²) < 4.78 is 10.6. The van der Waals surface area contributed by atoms with E-state index in [0.717, 1.165) is 16.5 Å². The van der Waals surface area contributed by atoms with Gasteiger partial charge in [0.1, 0.15) is 0 Å². The van der Waals surface area contributed by atoms with Crippen molar-refractivity contribution in [2.24, 2.45) is 5.73 Å². The van der Waals surface area contributed by atoms with Gasteiger partial charge in [0, 0.05) is 11.6 Å². The molecule has 0 spiro atoms. The highest BCUT2D eigenvalue weighted by Gasteiger charge is 2.20. The predicted octanol–water partition coefficient (Wildman–Crippen LogP) is 2.45. The quantitative estimate of drug-likeness (QED) is 0.903. The molecule has 0 fully saturated rings. The van der Waals surface area contributed by atoms with Crippen LogP contribution >= 0.6 is 0 Å². The van der Waals surface area contributed by atoms with Crippen LogP contribution in [0.3, 0.4) is 0 Å². The van der Waals surface area contributed by atoms with Crippen LogP contribution in [0.15, 0.2) is 24.4 Å². The minimum atomic E-state index is -0.501. The lowest BCUT2D eigenvalue weighted by atomic mass is 9.96. The molecule has 4 heteroatoms. The Labute approximate surface area is 107 Å². The molecule has 0 amide bonds. The molecule has 2 rings (SSSR count). The van der Waals surface area contributed by atoms with Crippen molar-refractivity contribution in [2.75, 3.05) is 14.2 Å². The summed E-state index contributed by atoms with van der Waals surface area (Å²) in [6, 6.07) is 5.79. The number of hydrogen-bond acceptors (Lipinski definition) is 4. The summed E-state index contributed by atoms with van der Waals surface area (Å²) in [7, 11) is 3.24. The first-order valence-electron chi connectivity index (χ1n) is 5.77. The first-order valence-corrected chi connectivity index (χ1v) is 5.77. The van der Waals surface area contributed by atoms with E-state index in [1.54, 1.807) is 20.4 Å². The number of fused-ring (bicyclic) bond motifs is 1. The smallest absolute Gasteiger partial charge is 0.161 e. The molecule has 0 saturated carbocycles. The third kappa shape index (κ3) is 2.11. The lowest BCUT2D eigenvalue weighted by molar-refractivity contribution is 0.355. The van der Waals surface area contributed by atoms with Crippen LogP contribution in [0.4, 0.5) is 0 Å². The van der Waals surface area contributed by atoms with Gasteiger partial charge in [-0.15, -0.1) is 0 Å². The zero-order valence-corrected chi connectivity index (χ0v) is 11.2. The molecule has 0 unspecified atom stereocenters. The molecule has 0 radical (unpaired) electrons. The van der Waals surface area contributed by atoms with Gasteiger partial charge in [0.2, 0.25) is 0 Å². The maximum atomic E-state index is 6.15. The third-order valence-electron chi connectivity index (χ3n) is 2.88. The Bertz CT molecular complexity index is 574. The lowest BCUT2D eigenvalue weighted by Gasteiger charge is -2.20. The largest absolute Gasteiger partial charge is 0.493 e. The van der Waals surface area contributed by atoms with Crippen molar-refractivity contribution in [3.05, 3.63) is 30.1 Å². The van der Waals surface area contributed by atoms with Gasteiger partial charge in [-0.2, -0.15) is 0 Å². The van der Waals surface area contributed by atoms with E-state index in [9.17, 15) is 0 Å². The Balaban J connectivity index is 2.77. The van der Waals surface area contributed by atoms with Crippen LogP contribution in [-0.2, 0) is 5.54 Å². The number of rotatable bonds is 3. The molecule has 0 aliphatic heterocycles. The summed E-state index contributed by atoms with van der Waals surface area (Å²) in [4.78, 5) is 4.39. The minimum absolute atomic E-state index is 0.501. The van der Waals surface area contributed by atoms with E-state index in [0.29, 0.717) is 11.5 Å². The van der Waals surface area contributed by atoms with Crippen LogP contribution in [0.25, 0.3) is 10.8 Å². The first kappa shape index (κ1) is 12.6. The minimum Gasteiger partial charge on any atom is -0.493 e. The molecule has 0 bridgehead atoms. The summed E-state index contributed by atoms with van der Waals surface area (Å²) in [5.74, 6) is 1.39. The fraction of sp³-hybridized carbons (Fsp3) is 0.357. The van der Waals surface area contributed by atoms with Crippen molar-refractivity contribution in [3.8, 4) is 11.5 Å². The average Bonchev–Trinajstić information content (AvgIpc) is 2.35. The first-order chi connectivity index (χ1) is 8.47. The topological polar surface area (TPSA) is 57.4 Å². The van der Waals surface area contributed by atoms with E-state index in [1.807, 2.05) is 32.0 Å². The second-order valence-electron chi connectivity index (χ2n) is 4.81. The Morgan fingerprint density at radius 2 is 1.72 bits per heavy atom. The van der Waals surface area contributed by atoms with Gasteiger partial charge in [-0.3, -0.25) is 4.98 Å². The maximum absolute atomic E-state index is 6.15. The van der Waals surface area contributed by atoms with Gasteiger partial charge < -0.3 is 15.2 Å². The van der Waals surface area contributed by atoms with Gasteiger partial charge in [0.05, 0.1) is 25.5 Å². The SMILES string of the molecule is COc1cc2ccnc(C(C)(C)N)c2cc1OC. The van der Waals surface area contributed by atoms with Gasteiger partial charge in [0.25, 0.3) is 0 Å². The summed E-state index contributed by atoms with van der Waals surface area (Å²) in [6.45, 7) is 3.87. The Kier molecular flexibility index (Phi) is 3.13. The normalized spacial score (nSPS) is 11.6. The van der Waals surface area contributed by atoms with Crippen molar-refractivity contribution < 1.29 is 9.47 Å². The number of nitrogens with two attached hydrogens (primary N) is 1. The summed E-state index contributed by atoms with van der Waals surface area (Å²) >= 11 is 0. The molecule has 96 valence electrons. The van der Waals surface area contributed by atoms with E-state index < -0.39 is 5.54 Å². The zero-order valence-electron chi connectivity index (χ0n) is 11.2. The molecular weight excluding hydrogens is 228 g/mol. The van der Waals surface area contributed by atoms with Crippen LogP contribution in [-0.4, -0.2) is 19.2 Å². The second kappa shape index (κ2) is 4.46. The molecule has 18 heavy (non-hydrogen) atoms.